The summed E-state index contributed by atoms with van der Waals surface area (Å²) in [5, 5.41) is 0. The molecule has 0 amide bonds. The molecule has 0 unspecified atom stereocenters. The molecule has 0 saturated heterocycles. The molecule has 234 valence electrons. The summed E-state index contributed by atoms with van der Waals surface area (Å²) in [6.07, 6.45) is -1.27. The zero-order valence-corrected chi connectivity index (χ0v) is 28.5. The Morgan fingerprint density at radius 1 is 0.271 bits per heavy atom. The molecule has 0 N–H and O–H groups in total. The second-order valence-electron chi connectivity index (χ2n) is 13.0. The number of benzene rings is 7. The minimum Gasteiger partial charge on any atom is -0.195 e. The maximum atomic E-state index is 2.31. The summed E-state index contributed by atoms with van der Waals surface area (Å²) >= 11 is 0. The van der Waals surface area contributed by atoms with Crippen LogP contribution in [0.25, 0.3) is 0 Å². The predicted molar refractivity (Wildman–Crippen MR) is 209 cm³/mol. The molecule has 0 radical (unpaired) electrons. The summed E-state index contributed by atoms with van der Waals surface area (Å²) in [5.74, 6) is 1.28. The zero-order valence-electron chi connectivity index (χ0n) is 28.5. The van der Waals surface area contributed by atoms with Crippen molar-refractivity contribution in [2.45, 2.75) is 27.7 Å². The third-order valence-corrected chi connectivity index (χ3v) is 9.50. The van der Waals surface area contributed by atoms with Crippen LogP contribution in [-0.2, 0) is 0 Å². The summed E-state index contributed by atoms with van der Waals surface area (Å²) in [4.78, 5) is 0. The molecule has 0 aliphatic heterocycles. The second-order valence-corrected chi connectivity index (χ2v) is 13.0. The average molecular weight is 619 g/mol. The Kier molecular flexibility index (Phi) is 10.1. The minimum absolute atomic E-state index is 1.25. The Labute approximate surface area is 287 Å². The molecule has 0 fully saturated rings. The van der Waals surface area contributed by atoms with Gasteiger partial charge < -0.3 is 0 Å². The van der Waals surface area contributed by atoms with E-state index in [2.05, 4.69) is 216 Å². The van der Waals surface area contributed by atoms with E-state index in [-0.39, 0.29) is 0 Å². The molecule has 7 aromatic rings. The highest BCUT2D eigenvalue weighted by Gasteiger charge is 2.31. The van der Waals surface area contributed by atoms with E-state index in [1.807, 2.05) is 0 Å². The van der Waals surface area contributed by atoms with E-state index in [4.69, 9.17) is 0 Å². The smallest absolute Gasteiger partial charge is 0.108 e. The van der Waals surface area contributed by atoms with Gasteiger partial charge in [0.1, 0.15) is 6.15 Å². The van der Waals surface area contributed by atoms with Crippen LogP contribution in [0.5, 0.6) is 0 Å². The van der Waals surface area contributed by atoms with Crippen LogP contribution in [-0.4, -0.2) is 6.15 Å². The molecule has 0 atom stereocenters. The molecule has 0 aromatic heterocycles. The molecule has 0 aliphatic carbocycles. The van der Waals surface area contributed by atoms with Crippen LogP contribution >= 0.6 is 0 Å². The fourth-order valence-electron chi connectivity index (χ4n) is 6.89. The number of aryl methyl sites for hydroxylation is 4. The van der Waals surface area contributed by atoms with Crippen LogP contribution in [0.15, 0.2) is 188 Å². The fraction of sp³-hybridized carbons (Fsp3) is 0.0851. The minimum atomic E-state index is -1.27. The standard InChI is InChI=1S/C28H28B.C19H15/c1-21-5-13-25(14-6-21)29(26-15-7-22(2)8-16-26,27-17-9-23(3)10-18-27)28-19-11-24(4)12-20-28;1-4-10-16(11-5-1)19(17-12-6-2-7-13-17)18-14-8-3-9-15-18/h5-20H,1-4H3;1-15H/q-1;+1. The number of hydrogen-bond donors (Lipinski definition) is 0. The molecular formula is C47H43B. The Bertz CT molecular complexity index is 1710. The molecule has 1 heteroatoms. The molecule has 0 spiro atoms. The normalized spacial score (nSPS) is 10.9. The van der Waals surface area contributed by atoms with Crippen LogP contribution in [0.4, 0.5) is 0 Å². The van der Waals surface area contributed by atoms with Gasteiger partial charge in [0.2, 0.25) is 0 Å². The summed E-state index contributed by atoms with van der Waals surface area (Å²) in [7, 11) is 0. The molecule has 0 heterocycles. The van der Waals surface area contributed by atoms with Crippen molar-refractivity contribution in [3.05, 3.63) is 233 Å². The lowest BCUT2D eigenvalue weighted by molar-refractivity contribution is 1.23. The maximum absolute atomic E-state index is 2.31. The Hall–Kier alpha value is -5.53. The van der Waals surface area contributed by atoms with E-state index in [1.54, 1.807) is 0 Å². The summed E-state index contributed by atoms with van der Waals surface area (Å²) in [6, 6.07) is 68.1. The van der Waals surface area contributed by atoms with E-state index < -0.39 is 6.15 Å². The van der Waals surface area contributed by atoms with Crippen LogP contribution in [0.1, 0.15) is 38.9 Å². The molecule has 7 rings (SSSR count). The van der Waals surface area contributed by atoms with Gasteiger partial charge in [-0.05, 0) is 100 Å². The van der Waals surface area contributed by atoms with Crippen LogP contribution in [0.3, 0.4) is 0 Å². The highest BCUT2D eigenvalue weighted by Crippen LogP contribution is 2.30. The van der Waals surface area contributed by atoms with Gasteiger partial charge in [-0.25, -0.2) is 0 Å². The monoisotopic (exact) mass is 618 g/mol. The van der Waals surface area contributed by atoms with Gasteiger partial charge in [0.05, 0.1) is 22.6 Å². The van der Waals surface area contributed by atoms with Crippen molar-refractivity contribution in [2.24, 2.45) is 0 Å². The Balaban J connectivity index is 0.000000182. The zero-order chi connectivity index (χ0) is 33.3. The van der Waals surface area contributed by atoms with Gasteiger partial charge in [0.15, 0.2) is 0 Å². The molecular weight excluding hydrogens is 575 g/mol. The lowest BCUT2D eigenvalue weighted by Crippen LogP contribution is -2.74. The van der Waals surface area contributed by atoms with Crippen molar-refractivity contribution in [3.8, 4) is 0 Å². The van der Waals surface area contributed by atoms with Gasteiger partial charge in [-0.1, -0.05) is 138 Å². The molecule has 48 heavy (non-hydrogen) atoms. The van der Waals surface area contributed by atoms with Gasteiger partial charge >= 0.3 is 0 Å². The van der Waals surface area contributed by atoms with E-state index in [1.165, 1.54) is 66.7 Å². The molecule has 0 bridgehead atoms. The first kappa shape index (κ1) is 32.4. The molecule has 0 nitrogen and oxygen atoms in total. The predicted octanol–water partition coefficient (Wildman–Crippen LogP) is 9.00. The molecule has 0 aliphatic rings. The van der Waals surface area contributed by atoms with Gasteiger partial charge in [0, 0.05) is 0 Å². The number of rotatable bonds is 7. The van der Waals surface area contributed by atoms with Crippen molar-refractivity contribution in [1.29, 1.82) is 0 Å². The van der Waals surface area contributed by atoms with E-state index in [9.17, 15) is 0 Å². The Morgan fingerprint density at radius 3 is 0.688 bits per heavy atom. The largest absolute Gasteiger partial charge is 0.195 e. The van der Waals surface area contributed by atoms with Gasteiger partial charge in [-0.2, -0.15) is 21.9 Å². The Morgan fingerprint density at radius 2 is 0.479 bits per heavy atom. The van der Waals surface area contributed by atoms with E-state index >= 15 is 0 Å². The fourth-order valence-corrected chi connectivity index (χ4v) is 6.89. The molecule has 7 aromatic carbocycles. The third-order valence-electron chi connectivity index (χ3n) is 9.50. The van der Waals surface area contributed by atoms with Gasteiger partial charge in [-0.15, -0.1) is 0 Å². The summed E-state index contributed by atoms with van der Waals surface area (Å²) in [5.41, 5.74) is 14.3. The quantitative estimate of drug-likeness (QED) is 0.0951. The summed E-state index contributed by atoms with van der Waals surface area (Å²) in [6.45, 7) is 8.62. The van der Waals surface area contributed by atoms with Crippen molar-refractivity contribution >= 4 is 28.0 Å². The van der Waals surface area contributed by atoms with E-state index in [0.29, 0.717) is 0 Å². The van der Waals surface area contributed by atoms with Crippen molar-refractivity contribution in [3.63, 3.8) is 0 Å². The highest BCUT2D eigenvalue weighted by atomic mass is 14.2. The first-order chi connectivity index (χ1) is 23.4. The van der Waals surface area contributed by atoms with E-state index in [0.717, 1.165) is 0 Å². The SMILES string of the molecule is Cc1ccc([B-](c2ccc(C)cc2)(c2ccc(C)cc2)c2ccc(C)cc2)cc1.c1ccc([C+](c2ccccc2)c2ccccc2)cc1. The topological polar surface area (TPSA) is 0 Å². The third kappa shape index (κ3) is 7.07. The van der Waals surface area contributed by atoms with Crippen molar-refractivity contribution in [2.75, 3.05) is 0 Å². The summed E-state index contributed by atoms with van der Waals surface area (Å²) < 4.78 is 0. The maximum Gasteiger partial charge on any atom is 0.108 e. The first-order valence-electron chi connectivity index (χ1n) is 16.9. The first-order valence-corrected chi connectivity index (χ1v) is 16.9. The van der Waals surface area contributed by atoms with Crippen molar-refractivity contribution in [1.82, 2.24) is 0 Å². The highest BCUT2D eigenvalue weighted by molar-refractivity contribution is 7.19. The second kappa shape index (κ2) is 14.9. The van der Waals surface area contributed by atoms with Crippen molar-refractivity contribution < 1.29 is 0 Å². The lowest BCUT2D eigenvalue weighted by Gasteiger charge is -2.44. The average Bonchev–Trinajstić information content (AvgIpc) is 3.13. The lowest BCUT2D eigenvalue weighted by atomic mass is 9.13. The van der Waals surface area contributed by atoms with Crippen LogP contribution in [0, 0.1) is 33.6 Å². The number of hydrogen-bond acceptors (Lipinski definition) is 0. The van der Waals surface area contributed by atoms with Crippen LogP contribution < -0.4 is 21.9 Å². The van der Waals surface area contributed by atoms with Gasteiger partial charge in [0.25, 0.3) is 0 Å². The van der Waals surface area contributed by atoms with Gasteiger partial charge in [-0.3, -0.25) is 0 Å². The van der Waals surface area contributed by atoms with Crippen LogP contribution in [0.2, 0.25) is 0 Å². The molecule has 0 saturated carbocycles.